The molecule has 3 aromatic carbocycles. The van der Waals surface area contributed by atoms with Crippen molar-refractivity contribution >= 4 is 5.97 Å². The van der Waals surface area contributed by atoms with Gasteiger partial charge in [-0.15, -0.1) is 0 Å². The number of hydrogen-bond acceptors (Lipinski definition) is 4. The molecule has 39 heavy (non-hydrogen) atoms. The van der Waals surface area contributed by atoms with E-state index < -0.39 is 40.7 Å². The maximum Gasteiger partial charge on any atom is 0.422 e. The Morgan fingerprint density at radius 2 is 1.64 bits per heavy atom. The summed E-state index contributed by atoms with van der Waals surface area (Å²) in [6.07, 6.45) is -2.58. The summed E-state index contributed by atoms with van der Waals surface area (Å²) in [5.74, 6) is -5.37. The second kappa shape index (κ2) is 12.2. The number of ether oxygens (including phenoxy) is 3. The summed E-state index contributed by atoms with van der Waals surface area (Å²) in [4.78, 5) is 12.6. The average Bonchev–Trinajstić information content (AvgIpc) is 2.88. The van der Waals surface area contributed by atoms with E-state index in [0.29, 0.717) is 31.3 Å². The van der Waals surface area contributed by atoms with Crippen LogP contribution < -0.4 is 4.74 Å². The predicted octanol–water partition coefficient (Wildman–Crippen LogP) is 7.90. The highest BCUT2D eigenvalue weighted by Crippen LogP contribution is 2.37. The summed E-state index contributed by atoms with van der Waals surface area (Å²) in [5, 5.41) is 0. The molecule has 4 nitrogen and oxygen atoms in total. The number of benzene rings is 3. The first-order valence-corrected chi connectivity index (χ1v) is 12.4. The molecule has 1 heterocycles. The van der Waals surface area contributed by atoms with E-state index in [1.165, 1.54) is 6.07 Å². The van der Waals surface area contributed by atoms with Gasteiger partial charge in [0.25, 0.3) is 0 Å². The molecular weight excluding hydrogens is 526 g/mol. The van der Waals surface area contributed by atoms with Crippen LogP contribution >= 0.6 is 0 Å². The van der Waals surface area contributed by atoms with Gasteiger partial charge in [0.1, 0.15) is 28.8 Å². The molecule has 1 aliphatic heterocycles. The molecule has 10 heteroatoms. The highest BCUT2D eigenvalue weighted by Gasteiger charge is 2.38. The van der Waals surface area contributed by atoms with Crippen molar-refractivity contribution in [3.05, 3.63) is 88.7 Å². The van der Waals surface area contributed by atoms with Gasteiger partial charge in [-0.2, -0.15) is 13.2 Å². The quantitative estimate of drug-likeness (QED) is 0.123. The molecule has 0 spiro atoms. The average molecular weight is 553 g/mol. The molecule has 1 fully saturated rings. The monoisotopic (exact) mass is 552 g/mol. The molecule has 1 saturated heterocycles. The van der Waals surface area contributed by atoms with Crippen LogP contribution in [0.15, 0.2) is 54.6 Å². The maximum absolute atomic E-state index is 14.7. The lowest BCUT2D eigenvalue weighted by Crippen LogP contribution is -2.24. The van der Waals surface area contributed by atoms with Crippen LogP contribution in [0.1, 0.15) is 53.8 Å². The van der Waals surface area contributed by atoms with Crippen LogP contribution in [-0.4, -0.2) is 25.8 Å². The normalized spacial score (nSPS) is 17.7. The molecular formula is C29H26F6O4. The predicted molar refractivity (Wildman–Crippen MR) is 131 cm³/mol. The Labute approximate surface area is 221 Å². The topological polar surface area (TPSA) is 44.8 Å². The first-order valence-electron chi connectivity index (χ1n) is 12.4. The Bertz CT molecular complexity index is 1280. The van der Waals surface area contributed by atoms with Crippen LogP contribution in [0.2, 0.25) is 0 Å². The van der Waals surface area contributed by atoms with Crippen LogP contribution in [0.4, 0.5) is 26.3 Å². The minimum Gasteiger partial charge on any atom is -0.423 e. The van der Waals surface area contributed by atoms with Crippen LogP contribution in [0, 0.1) is 23.4 Å². The van der Waals surface area contributed by atoms with Crippen molar-refractivity contribution in [3.8, 4) is 16.9 Å². The number of hydrogen-bond donors (Lipinski definition) is 0. The van der Waals surface area contributed by atoms with Gasteiger partial charge in [0.2, 0.25) is 0 Å². The van der Waals surface area contributed by atoms with Crippen LogP contribution in [0.3, 0.4) is 0 Å². The smallest absolute Gasteiger partial charge is 0.422 e. The molecule has 2 unspecified atom stereocenters. The van der Waals surface area contributed by atoms with Crippen molar-refractivity contribution in [2.24, 2.45) is 5.92 Å². The first kappa shape index (κ1) is 28.6. The van der Waals surface area contributed by atoms with Crippen molar-refractivity contribution in [1.29, 1.82) is 0 Å². The van der Waals surface area contributed by atoms with E-state index in [1.807, 2.05) is 0 Å². The number of esters is 1. The highest BCUT2D eigenvalue weighted by molar-refractivity contribution is 5.91. The van der Waals surface area contributed by atoms with Gasteiger partial charge in [0.05, 0.1) is 24.9 Å². The summed E-state index contributed by atoms with van der Waals surface area (Å²) in [5.41, 5.74) is -1.74. The van der Waals surface area contributed by atoms with E-state index in [0.717, 1.165) is 43.6 Å². The van der Waals surface area contributed by atoms with Crippen molar-refractivity contribution < 1.29 is 45.3 Å². The minimum absolute atomic E-state index is 0.0981. The van der Waals surface area contributed by atoms with Crippen molar-refractivity contribution in [1.82, 2.24) is 0 Å². The van der Waals surface area contributed by atoms with Crippen LogP contribution in [-0.2, 0) is 15.7 Å². The number of halogens is 6. The third kappa shape index (κ3) is 6.99. The Morgan fingerprint density at radius 3 is 2.21 bits per heavy atom. The molecule has 0 saturated carbocycles. The molecule has 0 aromatic heterocycles. The summed E-state index contributed by atoms with van der Waals surface area (Å²) in [6, 6.07) is 10.5. The summed E-state index contributed by atoms with van der Waals surface area (Å²) >= 11 is 0. The van der Waals surface area contributed by atoms with E-state index in [2.05, 4.69) is 6.92 Å². The summed E-state index contributed by atoms with van der Waals surface area (Å²) in [6.45, 7) is 4.05. The molecule has 0 bridgehead atoms. The summed E-state index contributed by atoms with van der Waals surface area (Å²) < 4.78 is 97.7. The van der Waals surface area contributed by atoms with E-state index in [-0.39, 0.29) is 23.0 Å². The molecule has 0 radical (unpaired) electrons. The lowest BCUT2D eigenvalue weighted by molar-refractivity contribution is -0.142. The van der Waals surface area contributed by atoms with Gasteiger partial charge in [-0.3, -0.25) is 0 Å². The Hall–Kier alpha value is -3.37. The minimum atomic E-state index is -5.24. The fourth-order valence-corrected chi connectivity index (χ4v) is 4.39. The maximum atomic E-state index is 14.7. The zero-order valence-electron chi connectivity index (χ0n) is 21.0. The van der Waals surface area contributed by atoms with E-state index in [9.17, 15) is 31.1 Å². The van der Waals surface area contributed by atoms with Gasteiger partial charge < -0.3 is 14.2 Å². The second-order valence-corrected chi connectivity index (χ2v) is 9.31. The molecule has 0 N–H and O–H groups in total. The Balaban J connectivity index is 1.38. The number of carbonyl (C=O) groups is 1. The standard InChI is InChI=1S/C29H26F6O4/c1-2-11-37-15-17-3-10-26(38-16-17)18-4-6-19(7-5-18)28(36)39-21-8-9-22(23(30)14-21)20-12-24(31)27(25(32)13-20)29(33,34)35/h4-9,12-14,17,26H,2-3,10-11,15-16H2,1H3. The van der Waals surface area contributed by atoms with Gasteiger partial charge in [-0.25, -0.2) is 18.0 Å². The van der Waals surface area contributed by atoms with Crippen molar-refractivity contribution in [2.75, 3.05) is 19.8 Å². The Morgan fingerprint density at radius 1 is 0.949 bits per heavy atom. The molecule has 0 amide bonds. The van der Waals surface area contributed by atoms with Gasteiger partial charge in [-0.05, 0) is 66.8 Å². The van der Waals surface area contributed by atoms with Crippen molar-refractivity contribution in [2.45, 2.75) is 38.5 Å². The SMILES string of the molecule is CCCOCC1CCC(c2ccc(C(=O)Oc3ccc(-c4cc(F)c(C(F)(F)F)c(F)c4)c(F)c3)cc2)OC1. The van der Waals surface area contributed by atoms with Crippen LogP contribution in [0.5, 0.6) is 5.75 Å². The molecule has 0 aliphatic carbocycles. The van der Waals surface area contributed by atoms with E-state index in [4.69, 9.17) is 14.2 Å². The third-order valence-electron chi connectivity index (χ3n) is 6.38. The largest absolute Gasteiger partial charge is 0.423 e. The first-order chi connectivity index (χ1) is 18.6. The second-order valence-electron chi connectivity index (χ2n) is 9.31. The van der Waals surface area contributed by atoms with Crippen molar-refractivity contribution in [3.63, 3.8) is 0 Å². The fourth-order valence-electron chi connectivity index (χ4n) is 4.39. The van der Waals surface area contributed by atoms with Gasteiger partial charge in [0.15, 0.2) is 0 Å². The van der Waals surface area contributed by atoms with Crippen LogP contribution in [0.25, 0.3) is 11.1 Å². The zero-order chi connectivity index (χ0) is 28.2. The summed E-state index contributed by atoms with van der Waals surface area (Å²) in [7, 11) is 0. The number of alkyl halides is 3. The van der Waals surface area contributed by atoms with Gasteiger partial charge >= 0.3 is 12.1 Å². The lowest BCUT2D eigenvalue weighted by atomic mass is 9.95. The van der Waals surface area contributed by atoms with Gasteiger partial charge in [-0.1, -0.05) is 19.1 Å². The zero-order valence-corrected chi connectivity index (χ0v) is 21.0. The third-order valence-corrected chi connectivity index (χ3v) is 6.38. The molecule has 2 atom stereocenters. The molecule has 3 aromatic rings. The van der Waals surface area contributed by atoms with Gasteiger partial charge in [0, 0.05) is 24.2 Å². The molecule has 208 valence electrons. The number of carbonyl (C=O) groups excluding carboxylic acids is 1. The van der Waals surface area contributed by atoms with E-state index in [1.54, 1.807) is 24.3 Å². The Kier molecular flexibility index (Phi) is 8.97. The fraction of sp³-hybridized carbons (Fsp3) is 0.345. The molecule has 4 rings (SSSR count). The van der Waals surface area contributed by atoms with E-state index >= 15 is 0 Å². The molecule has 1 aliphatic rings. The number of rotatable bonds is 8. The highest BCUT2D eigenvalue weighted by atomic mass is 19.4. The lowest BCUT2D eigenvalue weighted by Gasteiger charge is -2.29.